The maximum absolute atomic E-state index is 13.7. The SMILES string of the molecule is CSC(=S)OC1COc2cc(O[Si](C)(C)C(C)(C)C)ccc2-c2c(c3ccc(O[Si](C)(C)C(C)(C)C)cc3oc2=O)C1. The Morgan fingerprint density at radius 3 is 2.07 bits per heavy atom. The first kappa shape index (κ1) is 32.6. The van der Waals surface area contributed by atoms with Crippen LogP contribution in [0.25, 0.3) is 22.1 Å². The second kappa shape index (κ2) is 11.7. The number of hydrogen-bond donors (Lipinski definition) is 0. The fourth-order valence-corrected chi connectivity index (χ4v) is 6.72. The highest BCUT2D eigenvalue weighted by Gasteiger charge is 2.40. The molecule has 0 fully saturated rings. The lowest BCUT2D eigenvalue weighted by molar-refractivity contribution is 0.125. The molecule has 0 saturated carbocycles. The second-order valence-electron chi connectivity index (χ2n) is 14.0. The third kappa shape index (κ3) is 6.76. The number of ether oxygens (including phenoxy) is 2. The van der Waals surface area contributed by atoms with Crippen molar-refractivity contribution in [1.29, 1.82) is 0 Å². The van der Waals surface area contributed by atoms with Gasteiger partial charge in [0.1, 0.15) is 35.5 Å². The summed E-state index contributed by atoms with van der Waals surface area (Å²) in [6, 6.07) is 11.5. The van der Waals surface area contributed by atoms with E-state index in [1.54, 1.807) is 0 Å². The number of thioether (sulfide) groups is 1. The largest absolute Gasteiger partial charge is 0.543 e. The lowest BCUT2D eigenvalue weighted by Gasteiger charge is -2.36. The molecule has 0 bridgehead atoms. The van der Waals surface area contributed by atoms with Gasteiger partial charge in [-0.25, -0.2) is 4.79 Å². The molecule has 1 unspecified atom stereocenters. The fourth-order valence-electron chi connectivity index (χ4n) is 4.31. The van der Waals surface area contributed by atoms with E-state index in [9.17, 15) is 4.79 Å². The van der Waals surface area contributed by atoms with E-state index in [1.165, 1.54) is 11.8 Å². The highest BCUT2D eigenvalue weighted by atomic mass is 32.2. The summed E-state index contributed by atoms with van der Waals surface area (Å²) in [5, 5.41) is 0.904. The van der Waals surface area contributed by atoms with E-state index in [4.69, 9.17) is 35.0 Å². The molecule has 3 aromatic rings. The van der Waals surface area contributed by atoms with Crippen LogP contribution in [0.2, 0.25) is 36.3 Å². The van der Waals surface area contributed by atoms with E-state index < -0.39 is 28.4 Å². The van der Waals surface area contributed by atoms with Crippen LogP contribution >= 0.6 is 24.0 Å². The minimum atomic E-state index is -2.10. The summed E-state index contributed by atoms with van der Waals surface area (Å²) in [6.07, 6.45) is 1.92. The molecular weight excluding hydrogens is 601 g/mol. The van der Waals surface area contributed by atoms with Gasteiger partial charge in [0.2, 0.25) is 21.0 Å². The van der Waals surface area contributed by atoms with Gasteiger partial charge in [0.05, 0.1) is 5.56 Å². The monoisotopic (exact) mass is 644 g/mol. The average molecular weight is 645 g/mol. The molecule has 0 amide bonds. The highest BCUT2D eigenvalue weighted by Crippen LogP contribution is 2.43. The molecular formula is C32H44O6S2Si2. The number of rotatable bonds is 5. The zero-order valence-corrected chi connectivity index (χ0v) is 30.4. The van der Waals surface area contributed by atoms with E-state index in [0.717, 1.165) is 16.7 Å². The Kier molecular flexibility index (Phi) is 9.07. The van der Waals surface area contributed by atoms with Crippen molar-refractivity contribution >= 4 is 56.0 Å². The smallest absolute Gasteiger partial charge is 0.344 e. The zero-order valence-electron chi connectivity index (χ0n) is 26.7. The molecule has 4 rings (SSSR count). The minimum Gasteiger partial charge on any atom is -0.543 e. The van der Waals surface area contributed by atoms with Crippen LogP contribution < -0.4 is 19.2 Å². The summed E-state index contributed by atoms with van der Waals surface area (Å²) in [5.74, 6) is 1.98. The molecule has 2 aromatic carbocycles. The predicted molar refractivity (Wildman–Crippen MR) is 184 cm³/mol. The molecule has 6 nitrogen and oxygen atoms in total. The molecule has 0 aliphatic carbocycles. The van der Waals surface area contributed by atoms with E-state index in [0.29, 0.717) is 39.0 Å². The van der Waals surface area contributed by atoms with Gasteiger partial charge in [0, 0.05) is 29.5 Å². The van der Waals surface area contributed by atoms with Gasteiger partial charge in [-0.1, -0.05) is 53.3 Å². The van der Waals surface area contributed by atoms with Crippen molar-refractivity contribution < 1.29 is 22.7 Å². The van der Waals surface area contributed by atoms with Crippen LogP contribution in [0, 0.1) is 0 Å². The molecule has 0 spiro atoms. The molecule has 1 aliphatic heterocycles. The summed E-state index contributed by atoms with van der Waals surface area (Å²) < 4.78 is 31.9. The Labute approximate surface area is 261 Å². The number of hydrogen-bond acceptors (Lipinski definition) is 8. The Hall–Kier alpha value is -2.28. The summed E-state index contributed by atoms with van der Waals surface area (Å²) in [4.78, 5) is 13.7. The van der Waals surface area contributed by atoms with Crippen molar-refractivity contribution in [3.63, 3.8) is 0 Å². The van der Waals surface area contributed by atoms with E-state index in [-0.39, 0.29) is 16.7 Å². The van der Waals surface area contributed by atoms with E-state index >= 15 is 0 Å². The number of thiocarbonyl (C=S) groups is 1. The normalized spacial score (nSPS) is 16.0. The van der Waals surface area contributed by atoms with Gasteiger partial charge in [0.15, 0.2) is 0 Å². The second-order valence-corrected chi connectivity index (χ2v) is 24.9. The van der Waals surface area contributed by atoms with E-state index in [1.807, 2.05) is 42.7 Å². The van der Waals surface area contributed by atoms with Crippen molar-refractivity contribution in [3.05, 3.63) is 52.4 Å². The molecule has 1 aliphatic rings. The van der Waals surface area contributed by atoms with Crippen molar-refractivity contribution in [2.75, 3.05) is 12.9 Å². The van der Waals surface area contributed by atoms with E-state index in [2.05, 4.69) is 67.7 Å². The molecule has 228 valence electrons. The quantitative estimate of drug-likeness (QED) is 0.155. The highest BCUT2D eigenvalue weighted by molar-refractivity contribution is 8.22. The lowest BCUT2D eigenvalue weighted by atomic mass is 9.93. The maximum atomic E-state index is 13.7. The average Bonchev–Trinajstić information content (AvgIpc) is 2.84. The lowest BCUT2D eigenvalue weighted by Crippen LogP contribution is -2.43. The van der Waals surface area contributed by atoms with Gasteiger partial charge in [-0.3, -0.25) is 0 Å². The molecule has 0 radical (unpaired) electrons. The molecule has 0 N–H and O–H groups in total. The zero-order chi connectivity index (χ0) is 31.3. The third-order valence-electron chi connectivity index (χ3n) is 8.85. The van der Waals surface area contributed by atoms with Crippen LogP contribution in [-0.4, -0.2) is 40.0 Å². The molecule has 42 heavy (non-hydrogen) atoms. The first-order valence-electron chi connectivity index (χ1n) is 14.3. The topological polar surface area (TPSA) is 67.1 Å². The number of benzene rings is 2. The van der Waals surface area contributed by atoms with Crippen LogP contribution in [0.4, 0.5) is 0 Å². The van der Waals surface area contributed by atoms with Crippen LogP contribution in [0.3, 0.4) is 0 Å². The molecule has 1 aromatic heterocycles. The summed E-state index contributed by atoms with van der Waals surface area (Å²) in [6.45, 7) is 22.3. The minimum absolute atomic E-state index is 0.0321. The standard InChI is InChI=1S/C32H44O6S2Si2/c1-31(2,3)41(8,9)37-20-13-15-24-26(17-20)34-19-22(35-30(39)40-7)16-25-23-14-12-21(38-42(10,11)32(4,5)6)18-27(23)36-29(33)28(24)25/h12-15,17-18,22H,16,19H2,1-11H3. The van der Waals surface area contributed by atoms with Gasteiger partial charge in [-0.15, -0.1) is 0 Å². The number of fused-ring (bicyclic) bond motifs is 5. The van der Waals surface area contributed by atoms with Gasteiger partial charge in [-0.05, 0) is 84.6 Å². The van der Waals surface area contributed by atoms with Crippen molar-refractivity contribution in [3.8, 4) is 28.4 Å². The van der Waals surface area contributed by atoms with Crippen LogP contribution in [-0.2, 0) is 11.2 Å². The Bertz CT molecular complexity index is 1550. The summed E-state index contributed by atoms with van der Waals surface area (Å²) >= 11 is 6.77. The Balaban J connectivity index is 1.87. The van der Waals surface area contributed by atoms with Gasteiger partial charge < -0.3 is 22.7 Å². The first-order valence-corrected chi connectivity index (χ1v) is 21.8. The molecule has 1 atom stereocenters. The van der Waals surface area contributed by atoms with Crippen molar-refractivity contribution in [2.45, 2.75) is 90.3 Å². The Morgan fingerprint density at radius 1 is 0.929 bits per heavy atom. The van der Waals surface area contributed by atoms with Crippen LogP contribution in [0.1, 0.15) is 47.1 Å². The molecule has 10 heteroatoms. The third-order valence-corrected chi connectivity index (χ3v) is 18.6. The van der Waals surface area contributed by atoms with Crippen molar-refractivity contribution in [2.24, 2.45) is 0 Å². The van der Waals surface area contributed by atoms with Crippen LogP contribution in [0.5, 0.6) is 17.2 Å². The van der Waals surface area contributed by atoms with Crippen molar-refractivity contribution in [1.82, 2.24) is 0 Å². The summed E-state index contributed by atoms with van der Waals surface area (Å²) in [5.41, 5.74) is 2.05. The van der Waals surface area contributed by atoms with Gasteiger partial charge in [-0.2, -0.15) is 0 Å². The maximum Gasteiger partial charge on any atom is 0.344 e. The van der Waals surface area contributed by atoms with Gasteiger partial charge in [0.25, 0.3) is 0 Å². The predicted octanol–water partition coefficient (Wildman–Crippen LogP) is 9.20. The van der Waals surface area contributed by atoms with Crippen LogP contribution in [0.15, 0.2) is 45.6 Å². The summed E-state index contributed by atoms with van der Waals surface area (Å²) in [7, 11) is -4.18. The fraction of sp³-hybridized carbons (Fsp3) is 0.500. The molecule has 2 heterocycles. The Morgan fingerprint density at radius 2 is 1.50 bits per heavy atom. The van der Waals surface area contributed by atoms with Gasteiger partial charge >= 0.3 is 5.63 Å². The first-order chi connectivity index (χ1) is 19.3. The molecule has 0 saturated heterocycles.